The van der Waals surface area contributed by atoms with Crippen LogP contribution in [-0.2, 0) is 16.8 Å². The summed E-state index contributed by atoms with van der Waals surface area (Å²) in [6, 6.07) is 1.72. The summed E-state index contributed by atoms with van der Waals surface area (Å²) in [5, 5.41) is 6.91. The predicted octanol–water partition coefficient (Wildman–Crippen LogP) is 0.249. The van der Waals surface area contributed by atoms with Crippen LogP contribution in [-0.4, -0.2) is 44.6 Å². The monoisotopic (exact) mass is 302 g/mol. The van der Waals surface area contributed by atoms with Gasteiger partial charge in [0, 0.05) is 19.2 Å². The van der Waals surface area contributed by atoms with Crippen LogP contribution >= 0.6 is 0 Å². The Morgan fingerprint density at radius 2 is 2.15 bits per heavy atom. The Bertz CT molecular complexity index is 521. The molecule has 0 aromatic carbocycles. The Hall–Kier alpha value is -0.960. The van der Waals surface area contributed by atoms with Gasteiger partial charge < -0.3 is 9.84 Å². The summed E-state index contributed by atoms with van der Waals surface area (Å²) < 4.78 is 33.3. The molecule has 20 heavy (non-hydrogen) atoms. The van der Waals surface area contributed by atoms with Crippen molar-refractivity contribution >= 4 is 10.2 Å². The van der Waals surface area contributed by atoms with Gasteiger partial charge in [0.25, 0.3) is 10.2 Å². The second kappa shape index (κ2) is 6.66. The van der Waals surface area contributed by atoms with Crippen molar-refractivity contribution in [2.45, 2.75) is 26.3 Å². The van der Waals surface area contributed by atoms with Crippen molar-refractivity contribution in [2.24, 2.45) is 5.92 Å². The van der Waals surface area contributed by atoms with E-state index >= 15 is 0 Å². The van der Waals surface area contributed by atoms with E-state index in [-0.39, 0.29) is 6.54 Å². The van der Waals surface area contributed by atoms with Gasteiger partial charge in [-0.25, -0.2) is 0 Å². The fourth-order valence-electron chi connectivity index (χ4n) is 2.40. The number of aryl methyl sites for hydroxylation is 1. The molecule has 2 N–H and O–H groups in total. The topological polar surface area (TPSA) is 87.5 Å². The van der Waals surface area contributed by atoms with Crippen molar-refractivity contribution in [1.29, 1.82) is 0 Å². The zero-order chi connectivity index (χ0) is 14.6. The Balaban J connectivity index is 1.85. The van der Waals surface area contributed by atoms with E-state index in [1.54, 1.807) is 13.0 Å². The van der Waals surface area contributed by atoms with Gasteiger partial charge in [-0.1, -0.05) is 5.16 Å². The van der Waals surface area contributed by atoms with Crippen molar-refractivity contribution in [3.05, 3.63) is 17.5 Å². The van der Waals surface area contributed by atoms with Crippen molar-refractivity contribution in [3.8, 4) is 0 Å². The summed E-state index contributed by atoms with van der Waals surface area (Å²) in [5.41, 5.74) is 0.594. The number of aromatic nitrogens is 1. The molecule has 0 spiro atoms. The minimum atomic E-state index is -3.43. The van der Waals surface area contributed by atoms with Crippen LogP contribution < -0.4 is 10.0 Å². The molecule has 2 rings (SSSR count). The van der Waals surface area contributed by atoms with Crippen molar-refractivity contribution in [1.82, 2.24) is 19.5 Å². The molecule has 7 nitrogen and oxygen atoms in total. The molecule has 0 amide bonds. The Morgan fingerprint density at radius 1 is 1.45 bits per heavy atom. The van der Waals surface area contributed by atoms with Crippen LogP contribution in [0.1, 0.15) is 24.3 Å². The van der Waals surface area contributed by atoms with Gasteiger partial charge in [0.2, 0.25) is 0 Å². The number of hydrogen-bond donors (Lipinski definition) is 2. The van der Waals surface area contributed by atoms with Crippen LogP contribution in [0.15, 0.2) is 10.6 Å². The molecule has 1 fully saturated rings. The number of nitrogens with zero attached hydrogens (tertiary/aromatic N) is 2. The van der Waals surface area contributed by atoms with E-state index in [1.807, 2.05) is 7.05 Å². The third kappa shape index (κ3) is 4.02. The minimum absolute atomic E-state index is 0.163. The Morgan fingerprint density at radius 3 is 2.70 bits per heavy atom. The first-order chi connectivity index (χ1) is 9.51. The SMILES string of the molecule is CNCC1CCN(S(=O)(=O)NCc2cc(C)on2)CC1. The maximum absolute atomic E-state index is 12.2. The molecule has 2 heterocycles. The van der Waals surface area contributed by atoms with Crippen LogP contribution in [0.3, 0.4) is 0 Å². The molecule has 0 radical (unpaired) electrons. The van der Waals surface area contributed by atoms with Gasteiger partial charge in [-0.15, -0.1) is 0 Å². The maximum Gasteiger partial charge on any atom is 0.279 e. The summed E-state index contributed by atoms with van der Waals surface area (Å²) >= 11 is 0. The fraction of sp³-hybridized carbons (Fsp3) is 0.750. The molecular weight excluding hydrogens is 280 g/mol. The summed E-state index contributed by atoms with van der Waals surface area (Å²) in [4.78, 5) is 0. The third-order valence-corrected chi connectivity index (χ3v) is 5.07. The van der Waals surface area contributed by atoms with E-state index in [1.165, 1.54) is 4.31 Å². The van der Waals surface area contributed by atoms with Gasteiger partial charge in [-0.3, -0.25) is 0 Å². The molecule has 0 unspecified atom stereocenters. The van der Waals surface area contributed by atoms with E-state index in [2.05, 4.69) is 15.2 Å². The highest BCUT2D eigenvalue weighted by molar-refractivity contribution is 7.87. The molecule has 1 aromatic heterocycles. The highest BCUT2D eigenvalue weighted by atomic mass is 32.2. The largest absolute Gasteiger partial charge is 0.361 e. The highest BCUT2D eigenvalue weighted by Crippen LogP contribution is 2.18. The molecule has 1 aromatic rings. The van der Waals surface area contributed by atoms with E-state index < -0.39 is 10.2 Å². The van der Waals surface area contributed by atoms with E-state index in [0.29, 0.717) is 30.5 Å². The lowest BCUT2D eigenvalue weighted by Crippen LogP contribution is -2.45. The lowest BCUT2D eigenvalue weighted by atomic mass is 9.98. The zero-order valence-electron chi connectivity index (χ0n) is 11.9. The van der Waals surface area contributed by atoms with Gasteiger partial charge in [0.15, 0.2) is 0 Å². The highest BCUT2D eigenvalue weighted by Gasteiger charge is 2.27. The molecule has 1 aliphatic heterocycles. The zero-order valence-corrected chi connectivity index (χ0v) is 12.7. The van der Waals surface area contributed by atoms with Crippen LogP contribution in [0.2, 0.25) is 0 Å². The van der Waals surface area contributed by atoms with Gasteiger partial charge in [-0.2, -0.15) is 17.4 Å². The molecule has 1 aliphatic rings. The van der Waals surface area contributed by atoms with Gasteiger partial charge in [0.1, 0.15) is 5.76 Å². The smallest absolute Gasteiger partial charge is 0.279 e. The van der Waals surface area contributed by atoms with Crippen LogP contribution in [0.4, 0.5) is 0 Å². The van der Waals surface area contributed by atoms with Crippen molar-refractivity contribution in [2.75, 3.05) is 26.7 Å². The minimum Gasteiger partial charge on any atom is -0.361 e. The Kier molecular flexibility index (Phi) is 5.14. The Labute approximate surface area is 119 Å². The van der Waals surface area contributed by atoms with E-state index in [9.17, 15) is 8.42 Å². The third-order valence-electron chi connectivity index (χ3n) is 3.52. The summed E-state index contributed by atoms with van der Waals surface area (Å²) in [6.07, 6.45) is 1.79. The van der Waals surface area contributed by atoms with Crippen LogP contribution in [0, 0.1) is 12.8 Å². The quantitative estimate of drug-likeness (QED) is 0.786. The first-order valence-corrected chi connectivity index (χ1v) is 8.27. The average molecular weight is 302 g/mol. The second-order valence-electron chi connectivity index (χ2n) is 5.16. The van der Waals surface area contributed by atoms with E-state index in [4.69, 9.17) is 4.52 Å². The van der Waals surface area contributed by atoms with Gasteiger partial charge >= 0.3 is 0 Å². The average Bonchev–Trinajstić information content (AvgIpc) is 2.84. The van der Waals surface area contributed by atoms with Crippen LogP contribution in [0.25, 0.3) is 0 Å². The number of hydrogen-bond acceptors (Lipinski definition) is 5. The molecule has 114 valence electrons. The first kappa shape index (κ1) is 15.4. The maximum atomic E-state index is 12.2. The van der Waals surface area contributed by atoms with Crippen molar-refractivity contribution in [3.63, 3.8) is 0 Å². The standard InChI is InChI=1S/C12H22N4O3S/c1-10-7-12(15-19-10)9-14-20(17,18)16-5-3-11(4-6-16)8-13-2/h7,11,13-14H,3-6,8-9H2,1-2H3. The summed E-state index contributed by atoms with van der Waals surface area (Å²) in [5.74, 6) is 1.23. The number of nitrogens with one attached hydrogen (secondary N) is 2. The molecule has 0 aliphatic carbocycles. The predicted molar refractivity (Wildman–Crippen MR) is 75.2 cm³/mol. The second-order valence-corrected chi connectivity index (χ2v) is 6.91. The first-order valence-electron chi connectivity index (χ1n) is 6.83. The lowest BCUT2D eigenvalue weighted by molar-refractivity contribution is 0.268. The summed E-state index contributed by atoms with van der Waals surface area (Å²) in [6.45, 7) is 4.02. The fourth-order valence-corrected chi connectivity index (χ4v) is 3.60. The van der Waals surface area contributed by atoms with Gasteiger partial charge in [0.05, 0.1) is 12.2 Å². The normalized spacial score (nSPS) is 18.5. The van der Waals surface area contributed by atoms with E-state index in [0.717, 1.165) is 19.4 Å². The molecule has 0 atom stereocenters. The summed E-state index contributed by atoms with van der Waals surface area (Å²) in [7, 11) is -1.51. The molecule has 0 saturated carbocycles. The molecule has 0 bridgehead atoms. The van der Waals surface area contributed by atoms with Crippen LogP contribution in [0.5, 0.6) is 0 Å². The number of rotatable bonds is 6. The number of piperidine rings is 1. The molecular formula is C12H22N4O3S. The molecule has 8 heteroatoms. The van der Waals surface area contributed by atoms with Crippen molar-refractivity contribution < 1.29 is 12.9 Å². The van der Waals surface area contributed by atoms with Gasteiger partial charge in [-0.05, 0) is 39.3 Å². The lowest BCUT2D eigenvalue weighted by Gasteiger charge is -2.30. The molecule has 1 saturated heterocycles.